The van der Waals surface area contributed by atoms with Gasteiger partial charge < -0.3 is 15.3 Å². The minimum absolute atomic E-state index is 0. The van der Waals surface area contributed by atoms with Crippen LogP contribution in [-0.4, -0.2) is 18.3 Å². The van der Waals surface area contributed by atoms with Crippen LogP contribution in [0.2, 0.25) is 0 Å². The molecule has 0 aromatic carbocycles. The third-order valence-corrected chi connectivity index (χ3v) is 1.17. The molecule has 1 radical (unpaired) electrons. The predicted octanol–water partition coefficient (Wildman–Crippen LogP) is 1.87. The van der Waals surface area contributed by atoms with Crippen molar-refractivity contribution in [1.82, 2.24) is 0 Å². The van der Waals surface area contributed by atoms with Crippen molar-refractivity contribution in [2.75, 3.05) is 0 Å². The summed E-state index contributed by atoms with van der Waals surface area (Å²) >= 11 is 0. The summed E-state index contributed by atoms with van der Waals surface area (Å²) in [6.45, 7) is 9.67. The van der Waals surface area contributed by atoms with E-state index >= 15 is 0 Å². The molecule has 0 saturated heterocycles. The quantitative estimate of drug-likeness (QED) is 0.621. The molecule has 0 spiro atoms. The third-order valence-electron chi connectivity index (χ3n) is 1.17. The van der Waals surface area contributed by atoms with Gasteiger partial charge in [-0.25, -0.2) is 24.3 Å². The molecular weight excluding hydrogens is 327 g/mol. The summed E-state index contributed by atoms with van der Waals surface area (Å²) in [6.07, 6.45) is 18.8. The Balaban J connectivity index is -0.0000000978. The van der Waals surface area contributed by atoms with Gasteiger partial charge in [-0.15, -0.1) is 31.2 Å². The van der Waals surface area contributed by atoms with Crippen molar-refractivity contribution < 1.29 is 33.9 Å². The van der Waals surface area contributed by atoms with Crippen LogP contribution in [0.25, 0.3) is 0 Å². The minimum atomic E-state index is -0.417. The third kappa shape index (κ3) is 91.0. The van der Waals surface area contributed by atoms with Crippen LogP contribution in [0.15, 0.2) is 36.5 Å². The minimum Gasteiger partial charge on any atom is -0.852 e. The summed E-state index contributed by atoms with van der Waals surface area (Å²) in [5.41, 5.74) is 0. The van der Waals surface area contributed by atoms with Crippen LogP contribution in [0, 0.1) is 12.2 Å². The maximum absolute atomic E-state index is 9.53. The first-order chi connectivity index (χ1) is 10.2. The molecule has 0 aliphatic heterocycles. The Morgan fingerprint density at radius 3 is 0.913 bits per heavy atom. The van der Waals surface area contributed by atoms with Crippen LogP contribution in [0.4, 0.5) is 0 Å². The van der Waals surface area contributed by atoms with Crippen molar-refractivity contribution in [3.63, 3.8) is 0 Å². The molecule has 135 valence electrons. The van der Waals surface area contributed by atoms with E-state index in [0.717, 1.165) is 12.8 Å². The Bertz CT molecular complexity index is 239. The standard InChI is InChI=1S/2C5H5.3C3H7O.V/c2*1-2-4-5-3-1;3*1-3(2)4;/h2*1-3H,4H2;3*3H,1-2H3;/q5*-1;. The molecule has 0 amide bonds. The normalized spacial score (nSPS) is 12.3. The largest absolute Gasteiger partial charge is 0.852 e. The summed E-state index contributed by atoms with van der Waals surface area (Å²) in [6, 6.07) is 0. The van der Waals surface area contributed by atoms with Gasteiger partial charge in [0, 0.05) is 18.6 Å². The van der Waals surface area contributed by atoms with E-state index in [1.54, 1.807) is 41.5 Å². The summed E-state index contributed by atoms with van der Waals surface area (Å²) < 4.78 is 0. The van der Waals surface area contributed by atoms with Crippen molar-refractivity contribution in [3.8, 4) is 0 Å². The molecule has 0 aromatic heterocycles. The summed E-state index contributed by atoms with van der Waals surface area (Å²) in [7, 11) is 0. The van der Waals surface area contributed by atoms with E-state index in [-0.39, 0.29) is 18.6 Å². The van der Waals surface area contributed by atoms with Crippen LogP contribution in [0.5, 0.6) is 0 Å². The first-order valence-corrected chi connectivity index (χ1v) is 7.61. The number of hydrogen-bond acceptors (Lipinski definition) is 3. The maximum Gasteiger partial charge on any atom is 0 e. The van der Waals surface area contributed by atoms with Crippen LogP contribution < -0.4 is 15.3 Å². The Hall–Kier alpha value is -0.576. The number of rotatable bonds is 0. The van der Waals surface area contributed by atoms with E-state index in [9.17, 15) is 15.3 Å². The second kappa shape index (κ2) is 26.3. The van der Waals surface area contributed by atoms with Crippen molar-refractivity contribution >= 4 is 0 Å². The van der Waals surface area contributed by atoms with Crippen molar-refractivity contribution in [2.24, 2.45) is 0 Å². The molecule has 2 rings (SSSR count). The van der Waals surface area contributed by atoms with Gasteiger partial charge in [0.15, 0.2) is 0 Å². The molecule has 23 heavy (non-hydrogen) atoms. The molecule has 0 N–H and O–H groups in total. The average molecular weight is 358 g/mol. The molecule has 3 nitrogen and oxygen atoms in total. The van der Waals surface area contributed by atoms with Gasteiger partial charge in [-0.1, -0.05) is 41.5 Å². The average Bonchev–Trinajstić information content (AvgIpc) is 3.06. The Kier molecular flexibility index (Phi) is 34.7. The topological polar surface area (TPSA) is 69.2 Å². The molecular formula is C19H31O3V-5. The first-order valence-electron chi connectivity index (χ1n) is 7.61. The SMILES string of the molecule is CC(C)[O-].CC(C)[O-].CC(C)[O-].[C-]1=CC=CC1.[C-]1=CC=CC1.[V]. The molecule has 0 aromatic rings. The molecule has 0 atom stereocenters. The van der Waals surface area contributed by atoms with E-state index in [1.165, 1.54) is 0 Å². The van der Waals surface area contributed by atoms with Crippen LogP contribution in [-0.2, 0) is 18.6 Å². The molecule has 0 heterocycles. The Morgan fingerprint density at radius 2 is 0.870 bits per heavy atom. The smallest absolute Gasteiger partial charge is 0 e. The maximum atomic E-state index is 9.53. The van der Waals surface area contributed by atoms with Gasteiger partial charge in [0.2, 0.25) is 0 Å². The van der Waals surface area contributed by atoms with Gasteiger partial charge >= 0.3 is 0 Å². The van der Waals surface area contributed by atoms with Gasteiger partial charge in [0.05, 0.1) is 0 Å². The summed E-state index contributed by atoms with van der Waals surface area (Å²) in [5.74, 6) is 0. The van der Waals surface area contributed by atoms with E-state index in [4.69, 9.17) is 0 Å². The first kappa shape index (κ1) is 30.3. The van der Waals surface area contributed by atoms with E-state index in [0.29, 0.717) is 0 Å². The zero-order valence-corrected chi connectivity index (χ0v) is 16.7. The molecule has 0 fully saturated rings. The summed E-state index contributed by atoms with van der Waals surface area (Å²) in [5, 5.41) is 28.6. The second-order valence-corrected chi connectivity index (χ2v) is 5.15. The van der Waals surface area contributed by atoms with Crippen LogP contribution >= 0.6 is 0 Å². The van der Waals surface area contributed by atoms with Gasteiger partial charge in [-0.05, 0) is 0 Å². The van der Waals surface area contributed by atoms with Crippen molar-refractivity contribution in [2.45, 2.75) is 72.7 Å². The van der Waals surface area contributed by atoms with Crippen molar-refractivity contribution in [1.29, 1.82) is 0 Å². The fourth-order valence-electron chi connectivity index (χ4n) is 0.680. The summed E-state index contributed by atoms with van der Waals surface area (Å²) in [4.78, 5) is 0. The molecule has 0 unspecified atom stereocenters. The van der Waals surface area contributed by atoms with Crippen LogP contribution in [0.1, 0.15) is 54.4 Å². The molecule has 2 aliphatic rings. The number of hydrogen-bond donors (Lipinski definition) is 0. The zero-order chi connectivity index (χ0) is 17.8. The molecule has 0 bridgehead atoms. The fraction of sp³-hybridized carbons (Fsp3) is 0.579. The van der Waals surface area contributed by atoms with Gasteiger partial charge in [-0.3, -0.25) is 12.2 Å². The fourth-order valence-corrected chi connectivity index (χ4v) is 0.680. The predicted molar refractivity (Wildman–Crippen MR) is 88.5 cm³/mol. The zero-order valence-electron chi connectivity index (χ0n) is 15.3. The van der Waals surface area contributed by atoms with E-state index < -0.39 is 18.3 Å². The van der Waals surface area contributed by atoms with Gasteiger partial charge in [0.1, 0.15) is 0 Å². The molecule has 2 aliphatic carbocycles. The van der Waals surface area contributed by atoms with Gasteiger partial charge in [-0.2, -0.15) is 12.2 Å². The van der Waals surface area contributed by atoms with E-state index in [1.807, 2.05) is 24.3 Å². The van der Waals surface area contributed by atoms with E-state index in [2.05, 4.69) is 24.3 Å². The Labute approximate surface area is 155 Å². The van der Waals surface area contributed by atoms with Crippen molar-refractivity contribution in [3.05, 3.63) is 48.6 Å². The van der Waals surface area contributed by atoms with Gasteiger partial charge in [0.25, 0.3) is 0 Å². The molecule has 4 heteroatoms. The Morgan fingerprint density at radius 1 is 0.652 bits per heavy atom. The molecule has 0 saturated carbocycles. The number of allylic oxidation sites excluding steroid dienone is 8. The monoisotopic (exact) mass is 358 g/mol. The van der Waals surface area contributed by atoms with Crippen LogP contribution in [0.3, 0.4) is 0 Å². The second-order valence-electron chi connectivity index (χ2n) is 5.15.